The van der Waals surface area contributed by atoms with Crippen LogP contribution in [-0.4, -0.2) is 11.1 Å². The molecule has 0 amide bonds. The molecule has 0 aromatic heterocycles. The third kappa shape index (κ3) is 2.51. The van der Waals surface area contributed by atoms with Crippen LogP contribution in [0.5, 0.6) is 0 Å². The maximum absolute atomic E-state index is 11.2. The lowest BCUT2D eigenvalue weighted by molar-refractivity contribution is 0.0697. The molecule has 0 aliphatic heterocycles. The second kappa shape index (κ2) is 4.90. The highest BCUT2D eigenvalue weighted by Gasteiger charge is 2.13. The van der Waals surface area contributed by atoms with Crippen LogP contribution in [0.25, 0.3) is 11.1 Å². The van der Waals surface area contributed by atoms with Gasteiger partial charge in [0.15, 0.2) is 0 Å². The number of rotatable bonds is 2. The average Bonchev–Trinajstić information content (AvgIpc) is 2.29. The predicted molar refractivity (Wildman–Crippen MR) is 71.5 cm³/mol. The lowest BCUT2D eigenvalue weighted by Gasteiger charge is -2.08. The highest BCUT2D eigenvalue weighted by Crippen LogP contribution is 2.32. The van der Waals surface area contributed by atoms with Crippen LogP contribution in [-0.2, 0) is 0 Å². The van der Waals surface area contributed by atoms with Gasteiger partial charge in [0.1, 0.15) is 0 Å². The monoisotopic (exact) mass is 310 g/mol. The van der Waals surface area contributed by atoms with Crippen molar-refractivity contribution < 1.29 is 9.90 Å². The third-order valence-electron chi connectivity index (χ3n) is 2.38. The fourth-order valence-corrected chi connectivity index (χ4v) is 2.20. The Bertz CT molecular complexity index is 581. The van der Waals surface area contributed by atoms with E-state index >= 15 is 0 Å². The Morgan fingerprint density at radius 2 is 1.82 bits per heavy atom. The van der Waals surface area contributed by atoms with Crippen molar-refractivity contribution in [2.75, 3.05) is 0 Å². The fourth-order valence-electron chi connectivity index (χ4n) is 1.61. The highest BCUT2D eigenvalue weighted by molar-refractivity contribution is 9.10. The summed E-state index contributed by atoms with van der Waals surface area (Å²) in [6.45, 7) is 0. The molecule has 0 fully saturated rings. The molecule has 0 atom stereocenters. The molecule has 0 saturated carbocycles. The van der Waals surface area contributed by atoms with Crippen molar-refractivity contribution in [1.82, 2.24) is 0 Å². The van der Waals surface area contributed by atoms with Crippen molar-refractivity contribution in [3.8, 4) is 11.1 Å². The van der Waals surface area contributed by atoms with Gasteiger partial charge in [-0.3, -0.25) is 0 Å². The summed E-state index contributed by atoms with van der Waals surface area (Å²) in [6, 6.07) is 12.2. The molecule has 0 bridgehead atoms. The Balaban J connectivity index is 2.70. The minimum absolute atomic E-state index is 0.237. The van der Waals surface area contributed by atoms with Crippen molar-refractivity contribution in [2.45, 2.75) is 0 Å². The molecule has 2 aromatic rings. The lowest BCUT2D eigenvalue weighted by atomic mass is 10.00. The summed E-state index contributed by atoms with van der Waals surface area (Å²) in [7, 11) is 0. The van der Waals surface area contributed by atoms with Gasteiger partial charge in [0.25, 0.3) is 0 Å². The highest BCUT2D eigenvalue weighted by atomic mass is 79.9. The van der Waals surface area contributed by atoms with Crippen LogP contribution in [0.4, 0.5) is 0 Å². The van der Waals surface area contributed by atoms with E-state index in [1.54, 1.807) is 30.3 Å². The van der Waals surface area contributed by atoms with E-state index in [4.69, 9.17) is 16.7 Å². The second-order valence-corrected chi connectivity index (χ2v) is 4.80. The van der Waals surface area contributed by atoms with Crippen LogP contribution in [0.3, 0.4) is 0 Å². The minimum Gasteiger partial charge on any atom is -0.478 e. The Morgan fingerprint density at radius 3 is 2.47 bits per heavy atom. The summed E-state index contributed by atoms with van der Waals surface area (Å²) in [5.41, 5.74) is 1.56. The number of benzene rings is 2. The molecule has 86 valence electrons. The predicted octanol–water partition coefficient (Wildman–Crippen LogP) is 4.47. The third-order valence-corrected chi connectivity index (χ3v) is 3.20. The van der Waals surface area contributed by atoms with E-state index in [9.17, 15) is 4.79 Å². The molecule has 0 spiro atoms. The quantitative estimate of drug-likeness (QED) is 0.888. The number of halogens is 2. The summed E-state index contributed by atoms with van der Waals surface area (Å²) in [6.07, 6.45) is 0. The molecule has 0 unspecified atom stereocenters. The Morgan fingerprint density at radius 1 is 1.12 bits per heavy atom. The van der Waals surface area contributed by atoms with Gasteiger partial charge in [-0.25, -0.2) is 4.79 Å². The van der Waals surface area contributed by atoms with Gasteiger partial charge >= 0.3 is 5.97 Å². The summed E-state index contributed by atoms with van der Waals surface area (Å²) < 4.78 is 0.817. The smallest absolute Gasteiger partial charge is 0.336 e. The van der Waals surface area contributed by atoms with Crippen LogP contribution >= 0.6 is 27.5 Å². The molecule has 0 radical (unpaired) electrons. The van der Waals surface area contributed by atoms with Crippen molar-refractivity contribution in [2.24, 2.45) is 0 Å². The first-order valence-corrected chi connectivity index (χ1v) is 6.04. The molecule has 1 N–H and O–H groups in total. The molecule has 2 nitrogen and oxygen atoms in total. The van der Waals surface area contributed by atoms with Gasteiger partial charge in [-0.1, -0.05) is 45.7 Å². The van der Waals surface area contributed by atoms with E-state index < -0.39 is 5.97 Å². The van der Waals surface area contributed by atoms with Crippen molar-refractivity contribution in [3.05, 3.63) is 57.5 Å². The van der Waals surface area contributed by atoms with E-state index in [0.717, 1.165) is 4.47 Å². The summed E-state index contributed by atoms with van der Waals surface area (Å²) in [5.74, 6) is -0.965. The molecule has 0 aliphatic carbocycles. The second-order valence-electron chi connectivity index (χ2n) is 3.47. The van der Waals surface area contributed by atoms with Gasteiger partial charge in [-0.15, -0.1) is 0 Å². The van der Waals surface area contributed by atoms with E-state index in [1.807, 2.05) is 12.1 Å². The van der Waals surface area contributed by atoms with Gasteiger partial charge < -0.3 is 5.11 Å². The first kappa shape index (κ1) is 12.1. The molecule has 17 heavy (non-hydrogen) atoms. The average molecular weight is 312 g/mol. The number of aromatic carboxylic acids is 1. The zero-order chi connectivity index (χ0) is 12.4. The van der Waals surface area contributed by atoms with Crippen LogP contribution < -0.4 is 0 Å². The maximum Gasteiger partial charge on any atom is 0.336 e. The number of carboxylic acid groups (broad SMARTS) is 1. The van der Waals surface area contributed by atoms with E-state index in [-0.39, 0.29) is 5.56 Å². The topological polar surface area (TPSA) is 37.3 Å². The number of hydrogen-bond donors (Lipinski definition) is 1. The van der Waals surface area contributed by atoms with Crippen LogP contribution in [0.15, 0.2) is 46.9 Å². The lowest BCUT2D eigenvalue weighted by Crippen LogP contribution is -1.99. The van der Waals surface area contributed by atoms with Gasteiger partial charge in [0, 0.05) is 15.1 Å². The first-order valence-electron chi connectivity index (χ1n) is 4.87. The maximum atomic E-state index is 11.2. The Labute approximate surface area is 112 Å². The largest absolute Gasteiger partial charge is 0.478 e. The molecule has 0 aliphatic rings. The molecule has 4 heteroatoms. The number of carbonyl (C=O) groups is 1. The molecular formula is C13H8BrClO2. The molecular weight excluding hydrogens is 303 g/mol. The Hall–Kier alpha value is -1.32. The van der Waals surface area contributed by atoms with E-state index in [0.29, 0.717) is 16.1 Å². The summed E-state index contributed by atoms with van der Waals surface area (Å²) in [4.78, 5) is 11.2. The zero-order valence-corrected chi connectivity index (χ0v) is 11.0. The summed E-state index contributed by atoms with van der Waals surface area (Å²) in [5, 5.41) is 9.69. The van der Waals surface area contributed by atoms with Crippen molar-refractivity contribution in [1.29, 1.82) is 0 Å². The van der Waals surface area contributed by atoms with E-state index in [1.165, 1.54) is 0 Å². The van der Waals surface area contributed by atoms with E-state index in [2.05, 4.69) is 15.9 Å². The summed E-state index contributed by atoms with van der Waals surface area (Å²) >= 11 is 9.41. The van der Waals surface area contributed by atoms with Gasteiger partial charge in [-0.05, 0) is 29.8 Å². The fraction of sp³-hybridized carbons (Fsp3) is 0. The first-order chi connectivity index (χ1) is 8.09. The molecule has 0 saturated heterocycles. The number of hydrogen-bond acceptors (Lipinski definition) is 1. The van der Waals surface area contributed by atoms with Crippen molar-refractivity contribution in [3.63, 3.8) is 0 Å². The zero-order valence-electron chi connectivity index (χ0n) is 8.65. The normalized spacial score (nSPS) is 10.2. The SMILES string of the molecule is O=C(O)c1ccc(Br)cc1-c1ccccc1Cl. The molecule has 0 heterocycles. The van der Waals surface area contributed by atoms with Crippen molar-refractivity contribution >= 4 is 33.5 Å². The Kier molecular flexibility index (Phi) is 3.50. The van der Waals surface area contributed by atoms with Crippen LogP contribution in [0.2, 0.25) is 5.02 Å². The van der Waals surface area contributed by atoms with Gasteiger partial charge in [0.05, 0.1) is 5.56 Å². The van der Waals surface area contributed by atoms with Crippen LogP contribution in [0, 0.1) is 0 Å². The molecule has 2 rings (SSSR count). The van der Waals surface area contributed by atoms with Gasteiger partial charge in [-0.2, -0.15) is 0 Å². The number of carboxylic acids is 1. The van der Waals surface area contributed by atoms with Crippen LogP contribution in [0.1, 0.15) is 10.4 Å². The molecule has 2 aromatic carbocycles. The standard InChI is InChI=1S/C13H8BrClO2/c14-8-5-6-10(13(16)17)11(7-8)9-3-1-2-4-12(9)15/h1-7H,(H,16,17). The minimum atomic E-state index is -0.965. The van der Waals surface area contributed by atoms with Gasteiger partial charge in [0.2, 0.25) is 0 Å².